The Morgan fingerprint density at radius 1 is 1.28 bits per heavy atom. The Hall–Kier alpha value is -0.640. The predicted molar refractivity (Wildman–Crippen MR) is 76.2 cm³/mol. The molecule has 1 saturated carbocycles. The van der Waals surface area contributed by atoms with E-state index in [4.69, 9.17) is 4.98 Å². The highest BCUT2D eigenvalue weighted by Crippen LogP contribution is 2.39. The average molecular weight is 265 g/mol. The standard InChI is InChI=1S/C14H23N3S/c1-10(2)9-13-15-14(18-16-13)17-8-4-6-11-5-3-7-12(11)17/h10-12H,3-9H2,1-2H3. The molecule has 3 nitrogen and oxygen atoms in total. The number of hydrogen-bond donors (Lipinski definition) is 0. The third kappa shape index (κ3) is 2.40. The SMILES string of the molecule is CC(C)Cc1nsc(N2CCCC3CCCC32)n1. The molecule has 1 aromatic heterocycles. The minimum atomic E-state index is 0.646. The van der Waals surface area contributed by atoms with Crippen LogP contribution in [0.4, 0.5) is 5.13 Å². The highest BCUT2D eigenvalue weighted by molar-refractivity contribution is 7.09. The number of piperidine rings is 1. The summed E-state index contributed by atoms with van der Waals surface area (Å²) in [6.45, 7) is 5.65. The van der Waals surface area contributed by atoms with Gasteiger partial charge in [-0.1, -0.05) is 20.3 Å². The van der Waals surface area contributed by atoms with Crippen LogP contribution >= 0.6 is 11.5 Å². The molecule has 1 aliphatic heterocycles. The van der Waals surface area contributed by atoms with Crippen LogP contribution in [0.2, 0.25) is 0 Å². The van der Waals surface area contributed by atoms with Gasteiger partial charge in [-0.3, -0.25) is 0 Å². The van der Waals surface area contributed by atoms with Crippen LogP contribution in [0.25, 0.3) is 0 Å². The van der Waals surface area contributed by atoms with Gasteiger partial charge in [0, 0.05) is 30.5 Å². The lowest BCUT2D eigenvalue weighted by Gasteiger charge is -2.37. The molecule has 1 saturated heterocycles. The van der Waals surface area contributed by atoms with Crippen LogP contribution in [-0.4, -0.2) is 21.9 Å². The lowest BCUT2D eigenvalue weighted by Crippen LogP contribution is -2.42. The van der Waals surface area contributed by atoms with Gasteiger partial charge < -0.3 is 4.90 Å². The topological polar surface area (TPSA) is 29.0 Å². The van der Waals surface area contributed by atoms with E-state index in [1.54, 1.807) is 11.5 Å². The van der Waals surface area contributed by atoms with Gasteiger partial charge in [0.1, 0.15) is 5.82 Å². The van der Waals surface area contributed by atoms with Crippen LogP contribution in [0.1, 0.15) is 51.8 Å². The Morgan fingerprint density at radius 3 is 2.94 bits per heavy atom. The molecule has 1 aromatic rings. The molecule has 0 N–H and O–H groups in total. The molecule has 4 heteroatoms. The quantitative estimate of drug-likeness (QED) is 0.837. The van der Waals surface area contributed by atoms with Gasteiger partial charge in [0.05, 0.1) is 0 Å². The van der Waals surface area contributed by atoms with E-state index in [2.05, 4.69) is 23.1 Å². The second-order valence-electron chi connectivity index (χ2n) is 6.19. The summed E-state index contributed by atoms with van der Waals surface area (Å²) in [5.41, 5.74) is 0. The third-order valence-electron chi connectivity index (χ3n) is 4.29. The van der Waals surface area contributed by atoms with Gasteiger partial charge in [0.2, 0.25) is 5.13 Å². The molecule has 0 bridgehead atoms. The molecule has 0 spiro atoms. The molecule has 0 aromatic carbocycles. The minimum absolute atomic E-state index is 0.646. The predicted octanol–water partition coefficient (Wildman–Crippen LogP) is 3.51. The van der Waals surface area contributed by atoms with E-state index < -0.39 is 0 Å². The molecule has 3 rings (SSSR count). The first-order valence-electron chi connectivity index (χ1n) is 7.33. The normalized spacial score (nSPS) is 27.8. The lowest BCUT2D eigenvalue weighted by atomic mass is 9.92. The molecular formula is C14H23N3S. The van der Waals surface area contributed by atoms with Gasteiger partial charge in [-0.2, -0.15) is 4.37 Å². The first-order chi connectivity index (χ1) is 8.74. The van der Waals surface area contributed by atoms with Gasteiger partial charge in [-0.15, -0.1) is 0 Å². The van der Waals surface area contributed by atoms with Gasteiger partial charge in [-0.25, -0.2) is 4.98 Å². The number of rotatable bonds is 3. The Kier molecular flexibility index (Phi) is 3.55. The Labute approximate surface area is 114 Å². The van der Waals surface area contributed by atoms with Crippen molar-refractivity contribution in [3.63, 3.8) is 0 Å². The van der Waals surface area contributed by atoms with Crippen molar-refractivity contribution < 1.29 is 0 Å². The zero-order chi connectivity index (χ0) is 12.5. The first-order valence-corrected chi connectivity index (χ1v) is 8.10. The number of fused-ring (bicyclic) bond motifs is 1. The van der Waals surface area contributed by atoms with E-state index in [1.807, 2.05) is 0 Å². The third-order valence-corrected chi connectivity index (χ3v) is 5.08. The summed E-state index contributed by atoms with van der Waals surface area (Å²) < 4.78 is 4.53. The number of anilines is 1. The summed E-state index contributed by atoms with van der Waals surface area (Å²) in [4.78, 5) is 7.33. The van der Waals surface area contributed by atoms with E-state index in [0.29, 0.717) is 5.92 Å². The number of nitrogens with zero attached hydrogens (tertiary/aromatic N) is 3. The Bertz CT molecular complexity index is 401. The Balaban J connectivity index is 1.75. The summed E-state index contributed by atoms with van der Waals surface area (Å²) in [6, 6.07) is 0.763. The highest BCUT2D eigenvalue weighted by Gasteiger charge is 2.36. The van der Waals surface area contributed by atoms with E-state index in [1.165, 1.54) is 43.8 Å². The summed E-state index contributed by atoms with van der Waals surface area (Å²) >= 11 is 1.61. The number of aromatic nitrogens is 2. The second kappa shape index (κ2) is 5.16. The summed E-state index contributed by atoms with van der Waals surface area (Å²) in [5, 5.41) is 1.18. The molecule has 1 aliphatic carbocycles. The molecule has 2 atom stereocenters. The maximum Gasteiger partial charge on any atom is 0.205 e. The van der Waals surface area contributed by atoms with Crippen LogP contribution in [0, 0.1) is 11.8 Å². The van der Waals surface area contributed by atoms with Crippen LogP contribution in [0.15, 0.2) is 0 Å². The van der Waals surface area contributed by atoms with Crippen molar-refractivity contribution in [2.24, 2.45) is 11.8 Å². The largest absolute Gasteiger partial charge is 0.344 e. The molecule has 2 heterocycles. The fourth-order valence-electron chi connectivity index (χ4n) is 3.50. The minimum Gasteiger partial charge on any atom is -0.344 e. The lowest BCUT2D eigenvalue weighted by molar-refractivity contribution is 0.362. The van der Waals surface area contributed by atoms with Gasteiger partial charge in [0.15, 0.2) is 0 Å². The van der Waals surface area contributed by atoms with Crippen LogP contribution in [0.3, 0.4) is 0 Å². The van der Waals surface area contributed by atoms with E-state index in [9.17, 15) is 0 Å². The number of hydrogen-bond acceptors (Lipinski definition) is 4. The van der Waals surface area contributed by atoms with Crippen molar-refractivity contribution >= 4 is 16.7 Å². The molecule has 0 radical (unpaired) electrons. The smallest absolute Gasteiger partial charge is 0.205 e. The fourth-order valence-corrected chi connectivity index (χ4v) is 4.28. The van der Waals surface area contributed by atoms with Gasteiger partial charge in [0.25, 0.3) is 0 Å². The van der Waals surface area contributed by atoms with Crippen LogP contribution < -0.4 is 4.90 Å². The highest BCUT2D eigenvalue weighted by atomic mass is 32.1. The fraction of sp³-hybridized carbons (Fsp3) is 0.857. The average Bonchev–Trinajstić information content (AvgIpc) is 2.95. The summed E-state index contributed by atoms with van der Waals surface area (Å²) in [5.74, 6) is 2.62. The molecule has 2 unspecified atom stereocenters. The maximum absolute atomic E-state index is 4.77. The summed E-state index contributed by atoms with van der Waals surface area (Å²) in [6.07, 6.45) is 7.98. The Morgan fingerprint density at radius 2 is 2.11 bits per heavy atom. The molecule has 2 aliphatic rings. The summed E-state index contributed by atoms with van der Waals surface area (Å²) in [7, 11) is 0. The first kappa shape index (κ1) is 12.4. The second-order valence-corrected chi connectivity index (χ2v) is 6.92. The van der Waals surface area contributed by atoms with Gasteiger partial charge >= 0.3 is 0 Å². The molecular weight excluding hydrogens is 242 g/mol. The molecule has 18 heavy (non-hydrogen) atoms. The van der Waals surface area contributed by atoms with Crippen molar-refractivity contribution in [3.8, 4) is 0 Å². The van der Waals surface area contributed by atoms with Crippen LogP contribution in [-0.2, 0) is 6.42 Å². The molecule has 0 amide bonds. The van der Waals surface area contributed by atoms with Crippen molar-refractivity contribution in [3.05, 3.63) is 5.82 Å². The zero-order valence-electron chi connectivity index (χ0n) is 11.4. The van der Waals surface area contributed by atoms with E-state index in [0.717, 1.165) is 24.2 Å². The van der Waals surface area contributed by atoms with Crippen molar-refractivity contribution in [2.75, 3.05) is 11.4 Å². The zero-order valence-corrected chi connectivity index (χ0v) is 12.2. The van der Waals surface area contributed by atoms with Crippen LogP contribution in [0.5, 0.6) is 0 Å². The molecule has 100 valence electrons. The monoisotopic (exact) mass is 265 g/mol. The van der Waals surface area contributed by atoms with E-state index in [-0.39, 0.29) is 0 Å². The van der Waals surface area contributed by atoms with Crippen molar-refractivity contribution in [2.45, 2.75) is 58.4 Å². The van der Waals surface area contributed by atoms with Gasteiger partial charge in [-0.05, 0) is 37.5 Å². The van der Waals surface area contributed by atoms with E-state index >= 15 is 0 Å². The van der Waals surface area contributed by atoms with Crippen molar-refractivity contribution in [1.82, 2.24) is 9.36 Å². The van der Waals surface area contributed by atoms with Crippen molar-refractivity contribution in [1.29, 1.82) is 0 Å². The maximum atomic E-state index is 4.77. The molecule has 2 fully saturated rings.